The number of rotatable bonds is 9. The first-order valence-corrected chi connectivity index (χ1v) is 7.93. The maximum atomic E-state index is 11.6. The second-order valence-corrected chi connectivity index (χ2v) is 5.17. The van der Waals surface area contributed by atoms with Crippen molar-refractivity contribution in [3.8, 4) is 0 Å². The fourth-order valence-electron chi connectivity index (χ4n) is 2.06. The molecule has 0 aromatic carbocycles. The SMILES string of the molecule is O=C(CC[n+]1ccccc1)OCCOC(=O)CC[n+]1ccccc1.[Cl-].[Cl-]. The van der Waals surface area contributed by atoms with Crippen LogP contribution >= 0.6 is 0 Å². The minimum absolute atomic E-state index is 0. The summed E-state index contributed by atoms with van der Waals surface area (Å²) in [5.74, 6) is -0.607. The molecule has 0 fully saturated rings. The summed E-state index contributed by atoms with van der Waals surface area (Å²) >= 11 is 0. The second kappa shape index (κ2) is 14.0. The number of pyridine rings is 2. The molecule has 0 N–H and O–H groups in total. The lowest BCUT2D eigenvalue weighted by molar-refractivity contribution is -0.696. The van der Waals surface area contributed by atoms with E-state index >= 15 is 0 Å². The van der Waals surface area contributed by atoms with E-state index in [1.165, 1.54) is 0 Å². The van der Waals surface area contributed by atoms with E-state index in [1.807, 2.05) is 70.3 Å². The highest BCUT2D eigenvalue weighted by atomic mass is 35.5. The zero-order chi connectivity index (χ0) is 17.0. The molecular formula is C18H22Cl2N2O4. The van der Waals surface area contributed by atoms with E-state index in [1.54, 1.807) is 0 Å². The average molecular weight is 401 g/mol. The monoisotopic (exact) mass is 400 g/mol. The van der Waals surface area contributed by atoms with Crippen molar-refractivity contribution >= 4 is 11.9 Å². The molecule has 0 aliphatic carbocycles. The molecule has 0 amide bonds. The standard InChI is InChI=1S/C18H22N2O4.2ClH/c21-17(7-13-19-9-3-1-4-10-19)23-15-16-24-18(22)8-14-20-11-5-2-6-12-20;;/h1-6,9-12H,7-8,13-16H2;2*1H/q+2;;/p-2. The van der Waals surface area contributed by atoms with E-state index in [-0.39, 0.29) is 62.8 Å². The van der Waals surface area contributed by atoms with Gasteiger partial charge in [-0.3, -0.25) is 9.59 Å². The quantitative estimate of drug-likeness (QED) is 0.240. The topological polar surface area (TPSA) is 60.4 Å². The molecule has 142 valence electrons. The molecule has 0 bridgehead atoms. The first kappa shape index (κ1) is 23.8. The lowest BCUT2D eigenvalue weighted by Gasteiger charge is -2.05. The Morgan fingerprint density at radius 3 is 1.31 bits per heavy atom. The number of aromatic nitrogens is 2. The van der Waals surface area contributed by atoms with Gasteiger partial charge < -0.3 is 34.3 Å². The van der Waals surface area contributed by atoms with Crippen LogP contribution in [0.2, 0.25) is 0 Å². The molecule has 0 saturated carbocycles. The smallest absolute Gasteiger partial charge is 0.312 e. The highest BCUT2D eigenvalue weighted by Crippen LogP contribution is 1.91. The van der Waals surface area contributed by atoms with Gasteiger partial charge >= 0.3 is 11.9 Å². The number of halogens is 2. The van der Waals surface area contributed by atoms with Crippen LogP contribution in [0.1, 0.15) is 12.8 Å². The third-order valence-corrected chi connectivity index (χ3v) is 3.31. The second-order valence-electron chi connectivity index (χ2n) is 5.17. The Balaban J connectivity index is 0.00000312. The highest BCUT2D eigenvalue weighted by Gasteiger charge is 2.09. The molecule has 0 aliphatic heterocycles. The predicted octanol–water partition coefficient (Wildman–Crippen LogP) is -5.16. The Morgan fingerprint density at radius 2 is 0.962 bits per heavy atom. The Hall–Kier alpha value is -2.18. The predicted molar refractivity (Wildman–Crippen MR) is 84.4 cm³/mol. The van der Waals surface area contributed by atoms with Gasteiger partial charge in [-0.15, -0.1) is 0 Å². The van der Waals surface area contributed by atoms with Crippen LogP contribution < -0.4 is 33.9 Å². The molecule has 0 radical (unpaired) electrons. The molecule has 6 nitrogen and oxygen atoms in total. The molecule has 26 heavy (non-hydrogen) atoms. The van der Waals surface area contributed by atoms with Crippen LogP contribution in [-0.4, -0.2) is 25.2 Å². The molecule has 0 aliphatic rings. The third-order valence-electron chi connectivity index (χ3n) is 3.31. The number of carbonyl (C=O) groups is 2. The van der Waals surface area contributed by atoms with E-state index < -0.39 is 0 Å². The van der Waals surface area contributed by atoms with Crippen molar-refractivity contribution in [2.24, 2.45) is 0 Å². The number of esters is 2. The van der Waals surface area contributed by atoms with Crippen molar-refractivity contribution in [1.82, 2.24) is 0 Å². The summed E-state index contributed by atoms with van der Waals surface area (Å²) in [6.07, 6.45) is 8.12. The Morgan fingerprint density at radius 1 is 0.615 bits per heavy atom. The summed E-state index contributed by atoms with van der Waals surface area (Å²) in [6.45, 7) is 1.30. The number of ether oxygens (including phenoxy) is 2. The fraction of sp³-hybridized carbons (Fsp3) is 0.333. The molecule has 0 atom stereocenters. The normalized spacial score (nSPS) is 9.38. The van der Waals surface area contributed by atoms with Crippen molar-refractivity contribution in [3.05, 3.63) is 61.2 Å². The lowest BCUT2D eigenvalue weighted by Crippen LogP contribution is -3.00. The maximum Gasteiger partial charge on any atom is 0.312 e. The highest BCUT2D eigenvalue weighted by molar-refractivity contribution is 5.69. The molecule has 0 unspecified atom stereocenters. The van der Waals surface area contributed by atoms with Gasteiger partial charge in [-0.2, -0.15) is 0 Å². The molecule has 2 aromatic heterocycles. The Labute approximate surface area is 165 Å². The summed E-state index contributed by atoms with van der Waals surface area (Å²) in [6, 6.07) is 11.4. The van der Waals surface area contributed by atoms with E-state index in [9.17, 15) is 9.59 Å². The summed E-state index contributed by atoms with van der Waals surface area (Å²) < 4.78 is 13.9. The number of hydrogen-bond donors (Lipinski definition) is 0. The lowest BCUT2D eigenvalue weighted by atomic mass is 10.4. The number of hydrogen-bond acceptors (Lipinski definition) is 4. The molecule has 2 rings (SSSR count). The minimum atomic E-state index is -0.303. The molecular weight excluding hydrogens is 379 g/mol. The van der Waals surface area contributed by atoms with Crippen LogP contribution in [0.15, 0.2) is 61.2 Å². The van der Waals surface area contributed by atoms with Gasteiger partial charge in [-0.1, -0.05) is 12.1 Å². The zero-order valence-corrected chi connectivity index (χ0v) is 15.8. The van der Waals surface area contributed by atoms with Crippen LogP contribution in [0.25, 0.3) is 0 Å². The van der Waals surface area contributed by atoms with Crippen molar-refractivity contribution in [3.63, 3.8) is 0 Å². The summed E-state index contributed by atoms with van der Waals surface area (Å²) in [5.41, 5.74) is 0. The summed E-state index contributed by atoms with van der Waals surface area (Å²) in [4.78, 5) is 23.2. The van der Waals surface area contributed by atoms with Crippen LogP contribution in [0, 0.1) is 0 Å². The largest absolute Gasteiger partial charge is 1.00 e. The van der Waals surface area contributed by atoms with Crippen LogP contribution in [-0.2, 0) is 32.2 Å². The number of carbonyl (C=O) groups excluding carboxylic acids is 2. The maximum absolute atomic E-state index is 11.6. The number of aryl methyl sites for hydroxylation is 2. The first-order chi connectivity index (χ1) is 11.7. The van der Waals surface area contributed by atoms with E-state index in [0.717, 1.165) is 0 Å². The van der Waals surface area contributed by atoms with Crippen LogP contribution in [0.3, 0.4) is 0 Å². The van der Waals surface area contributed by atoms with E-state index in [4.69, 9.17) is 9.47 Å². The van der Waals surface area contributed by atoms with Gasteiger partial charge in [-0.25, -0.2) is 9.13 Å². The van der Waals surface area contributed by atoms with Crippen molar-refractivity contribution in [1.29, 1.82) is 0 Å². The molecule has 2 aromatic rings. The van der Waals surface area contributed by atoms with Crippen molar-refractivity contribution in [2.75, 3.05) is 13.2 Å². The number of nitrogens with zero attached hydrogens (tertiary/aromatic N) is 2. The molecule has 8 heteroatoms. The van der Waals surface area contributed by atoms with E-state index in [2.05, 4.69) is 0 Å². The molecule has 0 saturated heterocycles. The van der Waals surface area contributed by atoms with Crippen molar-refractivity contribution < 1.29 is 53.0 Å². The third kappa shape index (κ3) is 9.96. The summed E-state index contributed by atoms with van der Waals surface area (Å²) in [5, 5.41) is 0. The fourth-order valence-corrected chi connectivity index (χ4v) is 2.06. The summed E-state index contributed by atoms with van der Waals surface area (Å²) in [7, 11) is 0. The van der Waals surface area contributed by atoms with Gasteiger partial charge in [0.05, 0.1) is 0 Å². The van der Waals surface area contributed by atoms with Gasteiger partial charge in [0.15, 0.2) is 37.9 Å². The van der Waals surface area contributed by atoms with Crippen molar-refractivity contribution in [2.45, 2.75) is 25.9 Å². The van der Waals surface area contributed by atoms with Gasteiger partial charge in [-0.05, 0) is 0 Å². The van der Waals surface area contributed by atoms with E-state index in [0.29, 0.717) is 13.1 Å². The van der Waals surface area contributed by atoms with Gasteiger partial charge in [0.1, 0.15) is 26.1 Å². The minimum Gasteiger partial charge on any atom is -1.00 e. The van der Waals surface area contributed by atoms with Gasteiger partial charge in [0.2, 0.25) is 0 Å². The molecule has 2 heterocycles. The Bertz CT molecular complexity index is 585. The first-order valence-electron chi connectivity index (χ1n) is 7.93. The Kier molecular flexibility index (Phi) is 12.9. The van der Waals surface area contributed by atoms with Crippen LogP contribution in [0.4, 0.5) is 0 Å². The van der Waals surface area contributed by atoms with Gasteiger partial charge in [0.25, 0.3) is 0 Å². The van der Waals surface area contributed by atoms with Crippen LogP contribution in [0.5, 0.6) is 0 Å². The average Bonchev–Trinajstić information content (AvgIpc) is 2.63. The van der Waals surface area contributed by atoms with Gasteiger partial charge in [0, 0.05) is 24.3 Å². The molecule has 0 spiro atoms. The zero-order valence-electron chi connectivity index (χ0n) is 14.3.